The van der Waals surface area contributed by atoms with E-state index in [4.69, 9.17) is 4.74 Å². The van der Waals surface area contributed by atoms with Gasteiger partial charge >= 0.3 is 6.09 Å². The molecule has 3 heterocycles. The lowest BCUT2D eigenvalue weighted by Crippen LogP contribution is -2.36. The van der Waals surface area contributed by atoms with Crippen LogP contribution in [0.15, 0.2) is 18.3 Å². The predicted molar refractivity (Wildman–Crippen MR) is 113 cm³/mol. The number of carbonyl (C=O) groups excluding carboxylic acids is 2. The molecule has 11 heteroatoms. The van der Waals surface area contributed by atoms with E-state index < -0.39 is 23.8 Å². The largest absolute Gasteiger partial charge is 0.442 e. The Bertz CT molecular complexity index is 982. The Morgan fingerprint density at radius 1 is 1.25 bits per heavy atom. The Morgan fingerprint density at radius 3 is 2.53 bits per heavy atom. The quantitative estimate of drug-likeness (QED) is 0.730. The number of aromatic nitrogens is 3. The van der Waals surface area contributed by atoms with Crippen LogP contribution in [0.2, 0.25) is 0 Å². The molecule has 2 saturated heterocycles. The second-order valence-electron chi connectivity index (χ2n) is 8.07. The van der Waals surface area contributed by atoms with Crippen molar-refractivity contribution in [2.24, 2.45) is 0 Å². The van der Waals surface area contributed by atoms with Crippen molar-refractivity contribution in [1.29, 1.82) is 0 Å². The van der Waals surface area contributed by atoms with Gasteiger partial charge in [-0.25, -0.2) is 18.3 Å². The zero-order valence-corrected chi connectivity index (χ0v) is 18.1. The SMILES string of the molecule is CCc1cn(C2CCN(c3c(F)cc(N4C[C@H](CNC(C)=O)OC4=O)cc3F)CC2)nn1. The molecule has 0 bridgehead atoms. The molecule has 32 heavy (non-hydrogen) atoms. The standard InChI is InChI=1S/C21H26F2N6O3/c1-3-14-11-29(26-25-14)15-4-6-27(7-5-15)20-18(22)8-16(9-19(20)23)28-12-17(32-21(28)31)10-24-13(2)30/h8-9,11,15,17H,3-7,10,12H2,1-2H3,(H,24,30)/t17-/m0/s1. The lowest BCUT2D eigenvalue weighted by atomic mass is 10.0. The molecule has 172 valence electrons. The molecule has 9 nitrogen and oxygen atoms in total. The van der Waals surface area contributed by atoms with Crippen LogP contribution in [0.1, 0.15) is 38.4 Å². The summed E-state index contributed by atoms with van der Waals surface area (Å²) in [5.74, 6) is -1.71. The van der Waals surface area contributed by atoms with E-state index in [9.17, 15) is 18.4 Å². The Morgan fingerprint density at radius 2 is 1.94 bits per heavy atom. The van der Waals surface area contributed by atoms with Gasteiger partial charge in [0.1, 0.15) is 11.8 Å². The highest BCUT2D eigenvalue weighted by atomic mass is 19.1. The van der Waals surface area contributed by atoms with Gasteiger partial charge in [-0.1, -0.05) is 12.1 Å². The van der Waals surface area contributed by atoms with Crippen LogP contribution in [0.5, 0.6) is 0 Å². The molecule has 0 radical (unpaired) electrons. The van der Waals surface area contributed by atoms with E-state index in [1.807, 2.05) is 17.8 Å². The van der Waals surface area contributed by atoms with Crippen molar-refractivity contribution in [1.82, 2.24) is 20.3 Å². The highest BCUT2D eigenvalue weighted by Gasteiger charge is 2.34. The smallest absolute Gasteiger partial charge is 0.414 e. The molecule has 1 atom stereocenters. The first kappa shape index (κ1) is 22.0. The minimum absolute atomic E-state index is 0.0867. The summed E-state index contributed by atoms with van der Waals surface area (Å²) >= 11 is 0. The van der Waals surface area contributed by atoms with Gasteiger partial charge in [0.15, 0.2) is 11.6 Å². The summed E-state index contributed by atoms with van der Waals surface area (Å²) in [6.45, 7) is 4.56. The zero-order valence-electron chi connectivity index (χ0n) is 18.1. The molecule has 4 rings (SSSR count). The average Bonchev–Trinajstić information content (AvgIpc) is 3.39. The van der Waals surface area contributed by atoms with Crippen molar-refractivity contribution >= 4 is 23.4 Å². The van der Waals surface area contributed by atoms with Gasteiger partial charge in [0.25, 0.3) is 0 Å². The van der Waals surface area contributed by atoms with Gasteiger partial charge in [0.05, 0.1) is 30.5 Å². The summed E-state index contributed by atoms with van der Waals surface area (Å²) in [6, 6.07) is 2.44. The molecular formula is C21H26F2N6O3. The number of carbonyl (C=O) groups is 2. The first-order valence-corrected chi connectivity index (χ1v) is 10.7. The number of hydrogen-bond acceptors (Lipinski definition) is 6. The van der Waals surface area contributed by atoms with Crippen LogP contribution >= 0.6 is 0 Å². The van der Waals surface area contributed by atoms with Gasteiger partial charge in [0.2, 0.25) is 5.91 Å². The summed E-state index contributed by atoms with van der Waals surface area (Å²) in [6.07, 6.45) is 2.82. The van der Waals surface area contributed by atoms with Crippen molar-refractivity contribution in [3.8, 4) is 0 Å². The molecule has 1 aromatic heterocycles. The number of cyclic esters (lactones) is 1. The molecule has 0 unspecified atom stereocenters. The highest BCUT2D eigenvalue weighted by Crippen LogP contribution is 2.34. The van der Waals surface area contributed by atoms with Crippen molar-refractivity contribution in [3.63, 3.8) is 0 Å². The Balaban J connectivity index is 1.43. The molecule has 1 aromatic carbocycles. The summed E-state index contributed by atoms with van der Waals surface area (Å²) in [5, 5.41) is 10.8. The first-order chi connectivity index (χ1) is 15.4. The second kappa shape index (κ2) is 9.09. The number of rotatable bonds is 6. The maximum absolute atomic E-state index is 15.0. The zero-order chi connectivity index (χ0) is 22.8. The number of hydrogen-bond donors (Lipinski definition) is 1. The van der Waals surface area contributed by atoms with Crippen LogP contribution in [-0.4, -0.2) is 59.3 Å². The summed E-state index contributed by atoms with van der Waals surface area (Å²) in [4.78, 5) is 26.1. The lowest BCUT2D eigenvalue weighted by molar-refractivity contribution is -0.119. The van der Waals surface area contributed by atoms with Crippen molar-refractivity contribution in [2.75, 3.05) is 36.0 Å². The number of benzene rings is 1. The third-order valence-corrected chi connectivity index (χ3v) is 5.84. The van der Waals surface area contributed by atoms with E-state index in [0.29, 0.717) is 25.9 Å². The van der Waals surface area contributed by atoms with E-state index >= 15 is 0 Å². The monoisotopic (exact) mass is 448 g/mol. The van der Waals surface area contributed by atoms with E-state index in [2.05, 4.69) is 15.6 Å². The van der Waals surface area contributed by atoms with E-state index in [0.717, 1.165) is 24.2 Å². The van der Waals surface area contributed by atoms with E-state index in [1.54, 1.807) is 4.90 Å². The van der Waals surface area contributed by atoms with Crippen LogP contribution < -0.4 is 15.1 Å². The Labute approximate surface area is 184 Å². The average molecular weight is 448 g/mol. The van der Waals surface area contributed by atoms with Crippen LogP contribution in [0.3, 0.4) is 0 Å². The summed E-state index contributed by atoms with van der Waals surface area (Å²) in [7, 11) is 0. The summed E-state index contributed by atoms with van der Waals surface area (Å²) in [5.41, 5.74) is 0.908. The normalized spacial score (nSPS) is 19.4. The Kier molecular flexibility index (Phi) is 6.24. The fraction of sp³-hybridized carbons (Fsp3) is 0.524. The van der Waals surface area contributed by atoms with E-state index in [1.165, 1.54) is 11.8 Å². The number of nitrogens with one attached hydrogen (secondary N) is 1. The number of aryl methyl sites for hydroxylation is 1. The van der Waals surface area contributed by atoms with Gasteiger partial charge < -0.3 is 15.0 Å². The maximum Gasteiger partial charge on any atom is 0.414 e. The number of ether oxygens (including phenoxy) is 1. The van der Waals surface area contributed by atoms with Crippen molar-refractivity contribution in [2.45, 2.75) is 45.3 Å². The lowest BCUT2D eigenvalue weighted by Gasteiger charge is -2.34. The van der Waals surface area contributed by atoms with E-state index in [-0.39, 0.29) is 36.4 Å². The maximum atomic E-state index is 15.0. The molecule has 1 N–H and O–H groups in total. The third-order valence-electron chi connectivity index (χ3n) is 5.84. The van der Waals surface area contributed by atoms with Crippen LogP contribution in [0, 0.1) is 11.6 Å². The molecule has 2 amide bonds. The van der Waals surface area contributed by atoms with Gasteiger partial charge in [-0.15, -0.1) is 5.10 Å². The van der Waals surface area contributed by atoms with Crippen LogP contribution in [-0.2, 0) is 16.0 Å². The topological polar surface area (TPSA) is 92.6 Å². The van der Waals surface area contributed by atoms with Crippen LogP contribution in [0.25, 0.3) is 0 Å². The van der Waals surface area contributed by atoms with Gasteiger partial charge in [-0.2, -0.15) is 0 Å². The molecule has 0 saturated carbocycles. The first-order valence-electron chi connectivity index (χ1n) is 10.7. The predicted octanol–water partition coefficient (Wildman–Crippen LogP) is 2.42. The number of halogens is 2. The Hall–Kier alpha value is -3.24. The molecule has 2 aliphatic rings. The molecular weight excluding hydrogens is 422 g/mol. The second-order valence-corrected chi connectivity index (χ2v) is 8.07. The third kappa shape index (κ3) is 4.51. The van der Waals surface area contributed by atoms with Crippen molar-refractivity contribution in [3.05, 3.63) is 35.7 Å². The van der Waals surface area contributed by atoms with Gasteiger partial charge in [0, 0.05) is 38.3 Å². The molecule has 0 aliphatic carbocycles. The number of nitrogens with zero attached hydrogens (tertiary/aromatic N) is 5. The summed E-state index contributed by atoms with van der Waals surface area (Å²) < 4.78 is 36.9. The van der Waals surface area contributed by atoms with Gasteiger partial charge in [-0.3, -0.25) is 9.69 Å². The molecule has 2 aliphatic heterocycles. The fourth-order valence-electron chi connectivity index (χ4n) is 4.11. The van der Waals surface area contributed by atoms with Crippen LogP contribution in [0.4, 0.5) is 25.0 Å². The minimum atomic E-state index is -0.731. The molecule has 2 fully saturated rings. The molecule has 2 aromatic rings. The minimum Gasteiger partial charge on any atom is -0.442 e. The fourth-order valence-corrected chi connectivity index (χ4v) is 4.11. The number of amides is 2. The number of anilines is 2. The highest BCUT2D eigenvalue weighted by molar-refractivity contribution is 5.90. The van der Waals surface area contributed by atoms with Gasteiger partial charge in [-0.05, 0) is 19.3 Å². The van der Waals surface area contributed by atoms with Crippen molar-refractivity contribution < 1.29 is 23.1 Å². The molecule has 0 spiro atoms. The number of piperidine rings is 1.